The van der Waals surface area contributed by atoms with E-state index >= 15 is 0 Å². The highest BCUT2D eigenvalue weighted by Gasteiger charge is 2.25. The summed E-state index contributed by atoms with van der Waals surface area (Å²) in [5.41, 5.74) is 0.373. The lowest BCUT2D eigenvalue weighted by molar-refractivity contribution is -0.118. The quantitative estimate of drug-likeness (QED) is 0.683. The van der Waals surface area contributed by atoms with Gasteiger partial charge in [0.1, 0.15) is 5.60 Å². The van der Waals surface area contributed by atoms with Crippen molar-refractivity contribution >= 4 is 17.7 Å². The molecular formula is C21H25F2N5O3. The van der Waals surface area contributed by atoms with E-state index in [2.05, 4.69) is 20.7 Å². The molecule has 0 unspecified atom stereocenters. The number of halogens is 2. The first kappa shape index (κ1) is 22.4. The van der Waals surface area contributed by atoms with Crippen LogP contribution in [0.1, 0.15) is 52.4 Å². The molecule has 31 heavy (non-hydrogen) atoms. The molecule has 2 aromatic heterocycles. The van der Waals surface area contributed by atoms with Crippen LogP contribution < -0.4 is 10.6 Å². The van der Waals surface area contributed by atoms with Gasteiger partial charge in [0, 0.05) is 11.8 Å². The van der Waals surface area contributed by atoms with Crippen LogP contribution in [0.3, 0.4) is 0 Å². The lowest BCUT2D eigenvalue weighted by Crippen LogP contribution is -2.35. The summed E-state index contributed by atoms with van der Waals surface area (Å²) in [6, 6.07) is 2.55. The van der Waals surface area contributed by atoms with Crippen molar-refractivity contribution < 1.29 is 23.1 Å². The van der Waals surface area contributed by atoms with Crippen molar-refractivity contribution in [2.24, 2.45) is 5.92 Å². The molecule has 1 aliphatic heterocycles. The third kappa shape index (κ3) is 5.44. The molecule has 1 aliphatic rings. The number of rotatable bonds is 2. The summed E-state index contributed by atoms with van der Waals surface area (Å²) in [6.45, 7) is 4.03. The summed E-state index contributed by atoms with van der Waals surface area (Å²) in [6.07, 6.45) is 5.80. The topological polar surface area (TPSA) is 98.1 Å². The molecule has 3 rings (SSSR count). The summed E-state index contributed by atoms with van der Waals surface area (Å²) in [5.74, 6) is -0.895. The van der Waals surface area contributed by atoms with Crippen LogP contribution in [0.15, 0.2) is 36.7 Å². The Morgan fingerprint density at radius 3 is 2.81 bits per heavy atom. The Hall–Kier alpha value is -3.30. The Morgan fingerprint density at radius 2 is 2.13 bits per heavy atom. The highest BCUT2D eigenvalue weighted by atomic mass is 19.3. The van der Waals surface area contributed by atoms with Gasteiger partial charge in [-0.1, -0.05) is 19.1 Å². The van der Waals surface area contributed by atoms with Crippen molar-refractivity contribution in [1.82, 2.24) is 20.1 Å². The SMILES string of the molecule is C[C@H]1C=CC[C@H](NC(=O)OC(C)(C)C)c2cc(ccn2)-c2c(cnn2C(F)F)NC1=O. The van der Waals surface area contributed by atoms with Crippen LogP contribution >= 0.6 is 0 Å². The first-order chi connectivity index (χ1) is 14.5. The molecule has 166 valence electrons. The van der Waals surface area contributed by atoms with Gasteiger partial charge in [-0.05, 0) is 39.3 Å². The number of pyridine rings is 1. The molecule has 2 bridgehead atoms. The second-order valence-corrected chi connectivity index (χ2v) is 8.24. The van der Waals surface area contributed by atoms with E-state index in [4.69, 9.17) is 4.74 Å². The second kappa shape index (κ2) is 8.83. The zero-order valence-corrected chi connectivity index (χ0v) is 17.7. The van der Waals surface area contributed by atoms with Gasteiger partial charge in [0.05, 0.1) is 35.2 Å². The van der Waals surface area contributed by atoms with E-state index in [9.17, 15) is 18.4 Å². The van der Waals surface area contributed by atoms with Crippen LogP contribution in [-0.2, 0) is 9.53 Å². The maximum absolute atomic E-state index is 13.6. The van der Waals surface area contributed by atoms with Gasteiger partial charge in [0.15, 0.2) is 0 Å². The number of alkyl halides is 2. The Bertz CT molecular complexity index is 997. The summed E-state index contributed by atoms with van der Waals surface area (Å²) in [7, 11) is 0. The molecule has 0 aromatic carbocycles. The second-order valence-electron chi connectivity index (χ2n) is 8.24. The predicted octanol–water partition coefficient (Wildman–Crippen LogP) is 4.44. The van der Waals surface area contributed by atoms with Crippen LogP contribution in [0.25, 0.3) is 11.3 Å². The summed E-state index contributed by atoms with van der Waals surface area (Å²) < 4.78 is 33.0. The van der Waals surface area contributed by atoms with Crippen molar-refractivity contribution in [3.05, 3.63) is 42.4 Å². The number of hydrogen-bond donors (Lipinski definition) is 2. The van der Waals surface area contributed by atoms with Gasteiger partial charge in [-0.3, -0.25) is 9.78 Å². The third-order valence-electron chi connectivity index (χ3n) is 4.55. The number of hydrogen-bond acceptors (Lipinski definition) is 5. The lowest BCUT2D eigenvalue weighted by Gasteiger charge is -2.23. The molecule has 0 radical (unpaired) electrons. The molecule has 2 atom stereocenters. The number of alkyl carbamates (subject to hydrolysis) is 1. The number of anilines is 1. The van der Waals surface area contributed by atoms with Crippen molar-refractivity contribution in [2.75, 3.05) is 5.32 Å². The molecule has 2 N–H and O–H groups in total. The molecule has 0 saturated heterocycles. The zero-order valence-electron chi connectivity index (χ0n) is 17.7. The van der Waals surface area contributed by atoms with Crippen LogP contribution in [0.5, 0.6) is 0 Å². The van der Waals surface area contributed by atoms with E-state index in [1.165, 1.54) is 12.4 Å². The standard InChI is InChI=1S/C21H25F2N5O3/c1-12-6-5-7-14(27-20(30)31-21(2,3)4)15-10-13(8-9-24-15)17-16(26-18(12)29)11-25-28(17)19(22)23/h5-6,8-12,14,19H,7H2,1-4H3,(H,26,29)(H,27,30)/t12-,14-/m0/s1. The number of carbonyl (C=O) groups is 2. The monoisotopic (exact) mass is 433 g/mol. The van der Waals surface area contributed by atoms with E-state index in [0.29, 0.717) is 22.4 Å². The van der Waals surface area contributed by atoms with Crippen LogP contribution in [0.4, 0.5) is 19.3 Å². The largest absolute Gasteiger partial charge is 0.444 e. The van der Waals surface area contributed by atoms with E-state index in [0.717, 1.165) is 0 Å². The van der Waals surface area contributed by atoms with Crippen LogP contribution in [0.2, 0.25) is 0 Å². The normalized spacial score (nSPS) is 19.1. The van der Waals surface area contributed by atoms with Gasteiger partial charge in [-0.2, -0.15) is 13.9 Å². The highest BCUT2D eigenvalue weighted by molar-refractivity contribution is 5.96. The van der Waals surface area contributed by atoms with E-state index < -0.39 is 30.2 Å². The number of amides is 2. The molecule has 0 fully saturated rings. The Balaban J connectivity index is 2.07. The van der Waals surface area contributed by atoms with Crippen LogP contribution in [0, 0.1) is 5.92 Å². The summed E-state index contributed by atoms with van der Waals surface area (Å²) >= 11 is 0. The molecule has 2 aromatic rings. The molecule has 0 aliphatic carbocycles. The molecular weight excluding hydrogens is 408 g/mol. The fraction of sp³-hybridized carbons (Fsp3) is 0.429. The fourth-order valence-electron chi connectivity index (χ4n) is 3.13. The van der Waals surface area contributed by atoms with Gasteiger partial charge in [0.2, 0.25) is 5.91 Å². The molecule has 10 heteroatoms. The zero-order chi connectivity index (χ0) is 22.8. The molecule has 8 nitrogen and oxygen atoms in total. The molecule has 0 saturated carbocycles. The number of aromatic nitrogens is 3. The van der Waals surface area contributed by atoms with Crippen molar-refractivity contribution in [3.8, 4) is 11.3 Å². The first-order valence-electron chi connectivity index (χ1n) is 9.84. The lowest BCUT2D eigenvalue weighted by atomic mass is 10.0. The minimum absolute atomic E-state index is 0.0553. The predicted molar refractivity (Wildman–Crippen MR) is 110 cm³/mol. The fourth-order valence-corrected chi connectivity index (χ4v) is 3.13. The molecule has 0 spiro atoms. The van der Waals surface area contributed by atoms with E-state index in [1.807, 2.05) is 0 Å². The number of carbonyl (C=O) groups excluding carboxylic acids is 2. The van der Waals surface area contributed by atoms with Gasteiger partial charge in [-0.15, -0.1) is 0 Å². The molecule has 3 heterocycles. The third-order valence-corrected chi connectivity index (χ3v) is 4.55. The van der Waals surface area contributed by atoms with Crippen LogP contribution in [-0.4, -0.2) is 32.4 Å². The van der Waals surface area contributed by atoms with Gasteiger partial charge < -0.3 is 15.4 Å². The maximum atomic E-state index is 13.6. The van der Waals surface area contributed by atoms with Crippen molar-refractivity contribution in [2.45, 2.75) is 52.3 Å². The number of nitrogens with zero attached hydrogens (tertiary/aromatic N) is 3. The Labute approximate surface area is 178 Å². The number of ether oxygens (including phenoxy) is 1. The average Bonchev–Trinajstić information content (AvgIpc) is 3.08. The Morgan fingerprint density at radius 1 is 1.39 bits per heavy atom. The smallest absolute Gasteiger partial charge is 0.408 e. The molecule has 2 amide bonds. The van der Waals surface area contributed by atoms with E-state index in [1.54, 1.807) is 52.0 Å². The van der Waals surface area contributed by atoms with Gasteiger partial charge in [0.25, 0.3) is 0 Å². The van der Waals surface area contributed by atoms with Crippen molar-refractivity contribution in [1.29, 1.82) is 0 Å². The average molecular weight is 433 g/mol. The highest BCUT2D eigenvalue weighted by Crippen LogP contribution is 2.33. The van der Waals surface area contributed by atoms with Crippen molar-refractivity contribution in [3.63, 3.8) is 0 Å². The van der Waals surface area contributed by atoms with E-state index in [-0.39, 0.29) is 17.3 Å². The number of fused-ring (bicyclic) bond motifs is 4. The minimum Gasteiger partial charge on any atom is -0.444 e. The summed E-state index contributed by atoms with van der Waals surface area (Å²) in [5, 5.41) is 9.17. The first-order valence-corrected chi connectivity index (χ1v) is 9.84. The Kier molecular flexibility index (Phi) is 6.37. The minimum atomic E-state index is -2.90. The van der Waals surface area contributed by atoms with Gasteiger partial charge in [-0.25, -0.2) is 9.48 Å². The maximum Gasteiger partial charge on any atom is 0.408 e. The summed E-state index contributed by atoms with van der Waals surface area (Å²) in [4.78, 5) is 29.2. The number of nitrogens with one attached hydrogen (secondary N) is 2. The van der Waals surface area contributed by atoms with Gasteiger partial charge >= 0.3 is 12.6 Å².